The number of fused-ring (bicyclic) bond motifs is 3. The highest BCUT2D eigenvalue weighted by molar-refractivity contribution is 9.10. The largest absolute Gasteiger partial charge is 0.472 e. The number of ether oxygens (including phenoxy) is 2. The topological polar surface area (TPSA) is 176 Å². The predicted molar refractivity (Wildman–Crippen MR) is 190 cm³/mol. The van der Waals surface area contributed by atoms with Crippen LogP contribution in [0.25, 0.3) is 10.8 Å². The summed E-state index contributed by atoms with van der Waals surface area (Å²) in [6, 6.07) is 4.15. The maximum absolute atomic E-state index is 14.5. The Labute approximate surface area is 301 Å². The molecule has 1 aromatic heterocycles. The lowest BCUT2D eigenvalue weighted by atomic mass is 9.85. The second-order valence-electron chi connectivity index (χ2n) is 15.3. The van der Waals surface area contributed by atoms with E-state index in [1.54, 1.807) is 6.20 Å². The summed E-state index contributed by atoms with van der Waals surface area (Å²) in [4.78, 5) is 47.0. The average Bonchev–Trinajstić information content (AvgIpc) is 3.97. The summed E-state index contributed by atoms with van der Waals surface area (Å²) in [5.41, 5.74) is -0.958. The number of aromatic nitrogens is 1. The van der Waals surface area contributed by atoms with E-state index in [-0.39, 0.29) is 25.5 Å². The summed E-state index contributed by atoms with van der Waals surface area (Å²) in [7, 11) is -3.82. The Hall–Kier alpha value is -3.01. The van der Waals surface area contributed by atoms with Crippen molar-refractivity contribution in [3.8, 4) is 5.88 Å². The van der Waals surface area contributed by atoms with E-state index >= 15 is 0 Å². The summed E-state index contributed by atoms with van der Waals surface area (Å²) < 4.78 is 40.6. The number of rotatable bonds is 7. The number of aliphatic hydroxyl groups excluding tert-OH is 1. The van der Waals surface area contributed by atoms with Crippen LogP contribution in [0.4, 0.5) is 4.79 Å². The lowest BCUT2D eigenvalue weighted by Gasteiger charge is -2.37. The van der Waals surface area contributed by atoms with Crippen LogP contribution >= 0.6 is 15.9 Å². The van der Waals surface area contributed by atoms with Gasteiger partial charge in [-0.05, 0) is 80.0 Å². The molecule has 2 aliphatic heterocycles. The third-order valence-corrected chi connectivity index (χ3v) is 12.9. The van der Waals surface area contributed by atoms with Crippen LogP contribution < -0.4 is 20.1 Å². The minimum Gasteiger partial charge on any atom is -0.472 e. The van der Waals surface area contributed by atoms with Crippen molar-refractivity contribution in [1.29, 1.82) is 0 Å². The summed E-state index contributed by atoms with van der Waals surface area (Å²) >= 11 is 3.71. The average molecular weight is 779 g/mol. The molecular formula is C35H48BrN5O8S. The van der Waals surface area contributed by atoms with Gasteiger partial charge >= 0.3 is 6.09 Å². The standard InChI is InChI=1S/C35H48BrN5O8S/c1-5-21-18-35(21,32(44)40-50(46,47)23-10-11-23)39-29(42)27-17-22-19-41(27)31(43)28(34(2,3)4)38-33(45)48-14-8-6-7-9-20-15-25-24(26(36)16-20)12-13-37-30(25)49-22/h12-13,15-16,21-23,27-29,39,42H,5-11,14,17-19H2,1-4H3,(H,38,45)(H,40,44)/t21-,22-,27+,28-,29?,35-/m1/s1. The third-order valence-electron chi connectivity index (χ3n) is 10.4. The molecule has 4 N–H and O–H groups in total. The first kappa shape index (κ1) is 36.8. The zero-order valence-corrected chi connectivity index (χ0v) is 31.4. The van der Waals surface area contributed by atoms with Crippen molar-refractivity contribution >= 4 is 54.6 Å². The van der Waals surface area contributed by atoms with Gasteiger partial charge in [-0.3, -0.25) is 19.6 Å². The van der Waals surface area contributed by atoms with Crippen LogP contribution in [-0.2, 0) is 30.8 Å². The number of amides is 3. The number of hydrogen-bond donors (Lipinski definition) is 4. The van der Waals surface area contributed by atoms with Gasteiger partial charge in [0.15, 0.2) is 0 Å². The fourth-order valence-corrected chi connectivity index (χ4v) is 9.27. The monoisotopic (exact) mass is 777 g/mol. The number of nitrogens with one attached hydrogen (secondary N) is 3. The second kappa shape index (κ2) is 14.2. The van der Waals surface area contributed by atoms with Crippen LogP contribution in [0.15, 0.2) is 28.9 Å². The zero-order valence-electron chi connectivity index (χ0n) is 29.0. The predicted octanol–water partition coefficient (Wildman–Crippen LogP) is 3.90. The third kappa shape index (κ3) is 7.75. The maximum atomic E-state index is 14.5. The van der Waals surface area contributed by atoms with E-state index < -0.39 is 68.6 Å². The van der Waals surface area contributed by atoms with Crippen LogP contribution in [0.1, 0.15) is 84.6 Å². The van der Waals surface area contributed by atoms with Crippen molar-refractivity contribution in [3.05, 3.63) is 34.4 Å². The van der Waals surface area contributed by atoms with Gasteiger partial charge in [0.05, 0.1) is 24.4 Å². The Morgan fingerprint density at radius 2 is 1.96 bits per heavy atom. The van der Waals surface area contributed by atoms with Gasteiger partial charge in [0, 0.05) is 27.9 Å². The van der Waals surface area contributed by atoms with Gasteiger partial charge in [-0.2, -0.15) is 0 Å². The van der Waals surface area contributed by atoms with Crippen molar-refractivity contribution in [2.24, 2.45) is 11.3 Å². The molecule has 15 heteroatoms. The fraction of sp³-hybridized carbons (Fsp3) is 0.657. The Morgan fingerprint density at radius 3 is 2.64 bits per heavy atom. The lowest BCUT2D eigenvalue weighted by Crippen LogP contribution is -2.61. The number of hydrogen-bond acceptors (Lipinski definition) is 10. The normalized spacial score (nSPS) is 28.6. The van der Waals surface area contributed by atoms with Gasteiger partial charge in [-0.25, -0.2) is 18.2 Å². The lowest BCUT2D eigenvalue weighted by molar-refractivity contribution is -0.140. The number of aliphatic hydroxyl groups is 1. The first-order valence-corrected chi connectivity index (χ1v) is 20.0. The quantitative estimate of drug-likeness (QED) is 0.302. The molecule has 13 nitrogen and oxygen atoms in total. The van der Waals surface area contributed by atoms with Crippen LogP contribution in [0.5, 0.6) is 5.88 Å². The summed E-state index contributed by atoms with van der Waals surface area (Å²) in [6.07, 6.45) is 4.23. The van der Waals surface area contributed by atoms with Crippen molar-refractivity contribution in [2.75, 3.05) is 13.2 Å². The zero-order chi connectivity index (χ0) is 36.0. The number of alkyl carbamates (subject to hydrolysis) is 1. The van der Waals surface area contributed by atoms with Crippen LogP contribution in [0.2, 0.25) is 0 Å². The Kier molecular flexibility index (Phi) is 10.4. The molecule has 2 saturated carbocycles. The Balaban J connectivity index is 1.33. The van der Waals surface area contributed by atoms with E-state index in [0.717, 1.165) is 40.1 Å². The fourth-order valence-electron chi connectivity index (χ4n) is 7.26. The number of benzene rings is 1. The van der Waals surface area contributed by atoms with Gasteiger partial charge in [0.2, 0.25) is 21.8 Å². The molecule has 3 heterocycles. The molecule has 50 heavy (non-hydrogen) atoms. The summed E-state index contributed by atoms with van der Waals surface area (Å²) in [5, 5.41) is 18.8. The first-order chi connectivity index (χ1) is 23.6. The van der Waals surface area contributed by atoms with Crippen molar-refractivity contribution in [1.82, 2.24) is 25.2 Å². The smallest absolute Gasteiger partial charge is 0.407 e. The number of halogens is 1. The molecule has 3 fully saturated rings. The van der Waals surface area contributed by atoms with Crippen LogP contribution in [0.3, 0.4) is 0 Å². The van der Waals surface area contributed by atoms with Crippen molar-refractivity contribution < 1.29 is 37.4 Å². The van der Waals surface area contributed by atoms with E-state index in [1.165, 1.54) is 4.90 Å². The van der Waals surface area contributed by atoms with E-state index in [2.05, 4.69) is 48.4 Å². The number of aryl methyl sites for hydroxylation is 1. The van der Waals surface area contributed by atoms with Gasteiger partial charge < -0.3 is 24.8 Å². The van der Waals surface area contributed by atoms with Crippen LogP contribution in [0, 0.1) is 11.3 Å². The van der Waals surface area contributed by atoms with Gasteiger partial charge in [-0.15, -0.1) is 0 Å². The van der Waals surface area contributed by atoms with E-state index in [1.807, 2.05) is 33.8 Å². The summed E-state index contributed by atoms with van der Waals surface area (Å²) in [6.45, 7) is 7.68. The molecule has 6 rings (SSSR count). The number of nitrogens with zero attached hydrogens (tertiary/aromatic N) is 2. The number of pyridine rings is 1. The molecule has 4 aliphatic rings. The highest BCUT2D eigenvalue weighted by Gasteiger charge is 2.62. The molecule has 2 aliphatic carbocycles. The molecule has 1 aromatic carbocycles. The van der Waals surface area contributed by atoms with Crippen LogP contribution in [-0.4, -0.2) is 89.7 Å². The minimum atomic E-state index is -3.82. The molecule has 0 spiro atoms. The summed E-state index contributed by atoms with van der Waals surface area (Å²) in [5.74, 6) is -0.955. The Bertz CT molecular complexity index is 1750. The van der Waals surface area contributed by atoms with Gasteiger partial charge in [0.25, 0.3) is 5.91 Å². The SMILES string of the molecule is CC[C@@H]1C[C@]1(NC(O)[C@@H]1C[C@@H]2CN1C(=O)[C@H](C(C)(C)C)NC(=O)OCCCCCc1cc(Br)c3ccnc(c3c1)O2)C(=O)NS(=O)(=O)C1CC1. The highest BCUT2D eigenvalue weighted by atomic mass is 79.9. The van der Waals surface area contributed by atoms with Gasteiger partial charge in [0.1, 0.15) is 23.9 Å². The number of sulfonamides is 1. The molecule has 1 saturated heterocycles. The molecule has 2 aromatic rings. The molecule has 1 unspecified atom stereocenters. The van der Waals surface area contributed by atoms with E-state index in [9.17, 15) is 27.9 Å². The van der Waals surface area contributed by atoms with Crippen molar-refractivity contribution in [3.63, 3.8) is 0 Å². The molecule has 3 amide bonds. The van der Waals surface area contributed by atoms with E-state index in [4.69, 9.17) is 9.47 Å². The molecular weight excluding hydrogens is 730 g/mol. The molecule has 6 atom stereocenters. The first-order valence-electron chi connectivity index (χ1n) is 17.6. The molecule has 0 radical (unpaired) electrons. The number of cyclic esters (lactones) is 1. The second-order valence-corrected chi connectivity index (χ2v) is 18.1. The molecule has 4 bridgehead atoms. The van der Waals surface area contributed by atoms with Crippen molar-refractivity contribution in [2.45, 2.75) is 121 Å². The number of carbonyl (C=O) groups is 3. The van der Waals surface area contributed by atoms with Gasteiger partial charge in [-0.1, -0.05) is 50.0 Å². The minimum absolute atomic E-state index is 0.0664. The van der Waals surface area contributed by atoms with E-state index in [0.29, 0.717) is 38.0 Å². The molecule has 274 valence electrons. The highest BCUT2D eigenvalue weighted by Crippen LogP contribution is 2.47. The Morgan fingerprint density at radius 1 is 1.20 bits per heavy atom. The number of carbonyl (C=O) groups excluding carboxylic acids is 3. The maximum Gasteiger partial charge on any atom is 0.407 e.